The van der Waals surface area contributed by atoms with E-state index in [-0.39, 0.29) is 23.3 Å². The van der Waals surface area contributed by atoms with Crippen LogP contribution < -0.4 is 5.73 Å². The van der Waals surface area contributed by atoms with Crippen LogP contribution in [0.15, 0.2) is 34.6 Å². The number of guanidine groups is 1. The van der Waals surface area contributed by atoms with E-state index in [0.29, 0.717) is 0 Å². The molecule has 2 fully saturated rings. The van der Waals surface area contributed by atoms with Gasteiger partial charge in [0.15, 0.2) is 5.96 Å². The Bertz CT molecular complexity index is 1040. The lowest BCUT2D eigenvalue weighted by atomic mass is 9.92. The van der Waals surface area contributed by atoms with Crippen molar-refractivity contribution < 1.29 is 9.18 Å². The van der Waals surface area contributed by atoms with Gasteiger partial charge in [0.2, 0.25) is 5.91 Å². The fourth-order valence-electron chi connectivity index (χ4n) is 4.20. The average Bonchev–Trinajstić information content (AvgIpc) is 3.41. The van der Waals surface area contributed by atoms with Gasteiger partial charge < -0.3 is 5.73 Å². The van der Waals surface area contributed by atoms with Crippen molar-refractivity contribution in [1.29, 1.82) is 5.26 Å². The summed E-state index contributed by atoms with van der Waals surface area (Å²) in [6, 6.07) is 8.34. The molecule has 2 aromatic rings. The number of nitrogens with zero attached hydrogens (tertiary/aromatic N) is 3. The smallest absolute Gasteiger partial charge is 0.238 e. The van der Waals surface area contributed by atoms with Crippen LogP contribution in [0, 0.1) is 28.5 Å². The number of rotatable bonds is 2. The van der Waals surface area contributed by atoms with Crippen molar-refractivity contribution in [2.24, 2.45) is 22.1 Å². The summed E-state index contributed by atoms with van der Waals surface area (Å²) in [4.78, 5) is 19.7. The molecule has 1 spiro atoms. The molecule has 124 valence electrons. The number of carbonyl (C=O) groups is 1. The van der Waals surface area contributed by atoms with Crippen LogP contribution in [-0.2, 0) is 10.3 Å². The van der Waals surface area contributed by atoms with Gasteiger partial charge in [0.25, 0.3) is 0 Å². The van der Waals surface area contributed by atoms with Gasteiger partial charge in [-0.25, -0.2) is 9.38 Å². The van der Waals surface area contributed by atoms with Crippen molar-refractivity contribution >= 4 is 23.2 Å². The second-order valence-electron chi connectivity index (χ2n) is 6.83. The zero-order chi connectivity index (χ0) is 17.6. The Morgan fingerprint density at radius 1 is 1.44 bits per heavy atom. The molecule has 0 saturated heterocycles. The number of fused-ring (bicyclic) bond motifs is 1. The third kappa shape index (κ3) is 1.51. The maximum atomic E-state index is 13.5. The Balaban J connectivity index is 1.57. The van der Waals surface area contributed by atoms with Gasteiger partial charge in [-0.15, -0.1) is 11.3 Å². The molecule has 1 aromatic carbocycles. The standard InChI is InChI=1S/C18H13FN4OS/c1-23-15(24)17-6-13(17)18(17,22-16(23)21)14-5-11(8-25-14)9-2-3-12(19)10(4-9)7-20/h2-5,8,13H,6H2,1H3,(H2,21,22)/t13?,17?,18-/m1/s1. The third-order valence-electron chi connectivity index (χ3n) is 5.78. The monoisotopic (exact) mass is 352 g/mol. The van der Waals surface area contributed by atoms with Gasteiger partial charge in [0, 0.05) is 17.8 Å². The first kappa shape index (κ1) is 14.6. The minimum Gasteiger partial charge on any atom is -0.369 e. The Labute approximate surface area is 147 Å². The normalized spacial score (nSPS) is 31.7. The summed E-state index contributed by atoms with van der Waals surface area (Å²) in [6.45, 7) is 0. The van der Waals surface area contributed by atoms with Gasteiger partial charge in [-0.05, 0) is 41.1 Å². The highest BCUT2D eigenvalue weighted by Gasteiger charge is 2.96. The first-order valence-electron chi connectivity index (χ1n) is 7.88. The molecule has 0 radical (unpaired) electrons. The number of amides is 1. The second kappa shape index (κ2) is 4.27. The lowest BCUT2D eigenvalue weighted by molar-refractivity contribution is -0.131. The van der Waals surface area contributed by atoms with E-state index in [2.05, 4.69) is 4.99 Å². The van der Waals surface area contributed by atoms with Crippen molar-refractivity contribution in [2.75, 3.05) is 7.05 Å². The summed E-state index contributed by atoms with van der Waals surface area (Å²) >= 11 is 1.53. The Morgan fingerprint density at radius 3 is 2.96 bits per heavy atom. The summed E-state index contributed by atoms with van der Waals surface area (Å²) in [7, 11) is 1.66. The number of benzene rings is 1. The van der Waals surface area contributed by atoms with Crippen molar-refractivity contribution in [3.63, 3.8) is 0 Å². The fourth-order valence-corrected chi connectivity index (χ4v) is 5.40. The maximum absolute atomic E-state index is 13.5. The number of halogens is 1. The molecule has 25 heavy (non-hydrogen) atoms. The Hall–Kier alpha value is -2.72. The van der Waals surface area contributed by atoms with E-state index in [1.165, 1.54) is 22.3 Å². The predicted octanol–water partition coefficient (Wildman–Crippen LogP) is 2.43. The molecule has 2 unspecified atom stereocenters. The number of thiophene rings is 1. The van der Waals surface area contributed by atoms with E-state index in [0.717, 1.165) is 22.4 Å². The van der Waals surface area contributed by atoms with E-state index in [4.69, 9.17) is 11.0 Å². The van der Waals surface area contributed by atoms with Gasteiger partial charge in [0.1, 0.15) is 17.4 Å². The SMILES string of the molecule is CN1C(=O)C23CC2[C@]3(c2cc(-c3ccc(F)c(C#N)c3)cs2)N=C1N. The highest BCUT2D eigenvalue weighted by atomic mass is 32.1. The van der Waals surface area contributed by atoms with Crippen molar-refractivity contribution in [2.45, 2.75) is 12.0 Å². The topological polar surface area (TPSA) is 82.5 Å². The van der Waals surface area contributed by atoms with Gasteiger partial charge in [-0.2, -0.15) is 5.26 Å². The summed E-state index contributed by atoms with van der Waals surface area (Å²) in [5, 5.41) is 11.0. The first-order chi connectivity index (χ1) is 12.0. The van der Waals surface area contributed by atoms with Crippen molar-refractivity contribution in [3.8, 4) is 17.2 Å². The minimum absolute atomic E-state index is 0.0193. The number of nitrogens with two attached hydrogens (primary N) is 1. The molecule has 3 atom stereocenters. The van der Waals surface area contributed by atoms with Crippen LogP contribution in [-0.4, -0.2) is 23.8 Å². The average molecular weight is 352 g/mol. The highest BCUT2D eigenvalue weighted by molar-refractivity contribution is 7.10. The van der Waals surface area contributed by atoms with E-state index < -0.39 is 16.8 Å². The molecule has 2 aliphatic carbocycles. The summed E-state index contributed by atoms with van der Waals surface area (Å²) in [6.07, 6.45) is 0.856. The number of hydrogen-bond acceptors (Lipinski definition) is 5. The molecule has 0 bridgehead atoms. The number of carbonyl (C=O) groups excluding carboxylic acids is 1. The van der Waals surface area contributed by atoms with E-state index >= 15 is 0 Å². The van der Waals surface area contributed by atoms with Gasteiger partial charge in [-0.3, -0.25) is 9.69 Å². The van der Waals surface area contributed by atoms with Gasteiger partial charge >= 0.3 is 0 Å². The first-order valence-corrected chi connectivity index (χ1v) is 8.76. The van der Waals surface area contributed by atoms with Crippen LogP contribution in [0.4, 0.5) is 4.39 Å². The molecule has 5 nitrogen and oxygen atoms in total. The summed E-state index contributed by atoms with van der Waals surface area (Å²) in [5.41, 5.74) is 6.71. The molecule has 1 aliphatic heterocycles. The van der Waals surface area contributed by atoms with E-state index in [1.54, 1.807) is 19.2 Å². The largest absolute Gasteiger partial charge is 0.369 e. The molecule has 2 heterocycles. The molecule has 7 heteroatoms. The molecule has 2 saturated carbocycles. The molecule has 3 aliphatic rings. The van der Waals surface area contributed by atoms with Crippen LogP contribution in [0.2, 0.25) is 0 Å². The van der Waals surface area contributed by atoms with E-state index in [1.807, 2.05) is 17.5 Å². The second-order valence-corrected chi connectivity index (χ2v) is 7.75. The van der Waals surface area contributed by atoms with Gasteiger partial charge in [0.05, 0.1) is 11.0 Å². The fraction of sp³-hybridized carbons (Fsp3) is 0.278. The molecule has 1 aromatic heterocycles. The lowest BCUT2D eigenvalue weighted by Crippen LogP contribution is -2.48. The Morgan fingerprint density at radius 2 is 2.24 bits per heavy atom. The zero-order valence-corrected chi connectivity index (χ0v) is 14.1. The molecular weight excluding hydrogens is 339 g/mol. The number of nitriles is 1. The highest BCUT2D eigenvalue weighted by Crippen LogP contribution is 2.90. The molecule has 5 rings (SSSR count). The van der Waals surface area contributed by atoms with Crippen LogP contribution in [0.1, 0.15) is 16.9 Å². The summed E-state index contributed by atoms with van der Waals surface area (Å²) in [5.74, 6) is 0.00573. The molecule has 1 amide bonds. The predicted molar refractivity (Wildman–Crippen MR) is 91.0 cm³/mol. The van der Waals surface area contributed by atoms with Crippen LogP contribution in [0.3, 0.4) is 0 Å². The van der Waals surface area contributed by atoms with Crippen LogP contribution in [0.25, 0.3) is 11.1 Å². The summed E-state index contributed by atoms with van der Waals surface area (Å²) < 4.78 is 13.5. The van der Waals surface area contributed by atoms with E-state index in [9.17, 15) is 9.18 Å². The third-order valence-corrected chi connectivity index (χ3v) is 6.83. The van der Waals surface area contributed by atoms with Crippen molar-refractivity contribution in [1.82, 2.24) is 4.90 Å². The number of aliphatic imine (C=N–C) groups is 1. The van der Waals surface area contributed by atoms with Crippen LogP contribution >= 0.6 is 11.3 Å². The maximum Gasteiger partial charge on any atom is 0.238 e. The van der Waals surface area contributed by atoms with Gasteiger partial charge in [-0.1, -0.05) is 6.07 Å². The van der Waals surface area contributed by atoms with Crippen LogP contribution in [0.5, 0.6) is 0 Å². The zero-order valence-electron chi connectivity index (χ0n) is 13.3. The minimum atomic E-state index is -0.527. The molecule has 2 N–H and O–H groups in total. The Kier molecular flexibility index (Phi) is 2.49. The quantitative estimate of drug-likeness (QED) is 0.901. The molecular formula is C18H13FN4OS. The lowest BCUT2D eigenvalue weighted by Gasteiger charge is -2.31. The van der Waals surface area contributed by atoms with Crippen molar-refractivity contribution in [3.05, 3.63) is 45.9 Å². The number of hydrogen-bond donors (Lipinski definition) is 1.